The van der Waals surface area contributed by atoms with Crippen molar-refractivity contribution in [2.45, 2.75) is 13.5 Å². The Hall–Kier alpha value is -2.82. The fourth-order valence-corrected chi connectivity index (χ4v) is 2.41. The molecule has 3 aromatic rings. The number of nitro benzene ring substituents is 1. The predicted octanol–water partition coefficient (Wildman–Crippen LogP) is 4.00. The Morgan fingerprint density at radius 3 is 2.90 bits per heavy atom. The molecule has 2 aromatic carbocycles. The molecule has 0 unspecified atom stereocenters. The Bertz CT molecular complexity index is 808. The highest BCUT2D eigenvalue weighted by atomic mass is 16.6. The maximum Gasteiger partial charge on any atom is 0.271 e. The summed E-state index contributed by atoms with van der Waals surface area (Å²) in [5, 5.41) is 15.3. The summed E-state index contributed by atoms with van der Waals surface area (Å²) in [6, 6.07) is 13.0. The average Bonchev–Trinajstić information content (AvgIpc) is 2.95. The van der Waals surface area contributed by atoms with E-state index in [9.17, 15) is 10.1 Å². The van der Waals surface area contributed by atoms with E-state index in [1.54, 1.807) is 12.1 Å². The zero-order chi connectivity index (χ0) is 14.8. The van der Waals surface area contributed by atoms with Crippen molar-refractivity contribution >= 4 is 22.3 Å². The molecule has 0 aliphatic carbocycles. The highest BCUT2D eigenvalue weighted by Crippen LogP contribution is 2.24. The van der Waals surface area contributed by atoms with E-state index < -0.39 is 0 Å². The van der Waals surface area contributed by atoms with Crippen LogP contribution in [0.5, 0.6) is 0 Å². The summed E-state index contributed by atoms with van der Waals surface area (Å²) in [7, 11) is 0. The number of H-pyrrole nitrogens is 1. The first-order chi connectivity index (χ1) is 10.1. The molecule has 1 aromatic heterocycles. The molecule has 5 heteroatoms. The molecule has 106 valence electrons. The van der Waals surface area contributed by atoms with Crippen LogP contribution in [0, 0.1) is 17.0 Å². The molecule has 0 radical (unpaired) electrons. The largest absolute Gasteiger partial charge is 0.381 e. The number of anilines is 1. The normalized spacial score (nSPS) is 10.7. The van der Waals surface area contributed by atoms with Gasteiger partial charge in [-0.3, -0.25) is 10.1 Å². The van der Waals surface area contributed by atoms with Gasteiger partial charge in [0.15, 0.2) is 0 Å². The molecule has 0 atom stereocenters. The van der Waals surface area contributed by atoms with Crippen molar-refractivity contribution in [1.82, 2.24) is 4.98 Å². The minimum atomic E-state index is -0.377. The first kappa shape index (κ1) is 13.2. The molecular formula is C16H15N3O2. The topological polar surface area (TPSA) is 71.0 Å². The van der Waals surface area contributed by atoms with E-state index >= 15 is 0 Å². The summed E-state index contributed by atoms with van der Waals surface area (Å²) < 4.78 is 0. The molecule has 2 N–H and O–H groups in total. The molecule has 0 aliphatic heterocycles. The molecule has 0 bridgehead atoms. The molecule has 0 fully saturated rings. The lowest BCUT2D eigenvalue weighted by molar-refractivity contribution is -0.384. The second-order valence-corrected chi connectivity index (χ2v) is 4.97. The number of non-ortho nitro benzene ring substituents is 1. The number of hydrogen-bond acceptors (Lipinski definition) is 3. The lowest BCUT2D eigenvalue weighted by Crippen LogP contribution is -2.02. The first-order valence-electron chi connectivity index (χ1n) is 6.69. The van der Waals surface area contributed by atoms with Gasteiger partial charge in [-0.25, -0.2) is 0 Å². The van der Waals surface area contributed by atoms with Crippen molar-refractivity contribution < 1.29 is 4.92 Å². The summed E-state index contributed by atoms with van der Waals surface area (Å²) in [5.41, 5.74) is 4.12. The van der Waals surface area contributed by atoms with Crippen molar-refractivity contribution in [3.05, 3.63) is 69.9 Å². The van der Waals surface area contributed by atoms with Gasteiger partial charge in [0, 0.05) is 41.5 Å². The number of hydrogen-bond donors (Lipinski definition) is 2. The lowest BCUT2D eigenvalue weighted by Gasteiger charge is -2.10. The van der Waals surface area contributed by atoms with Gasteiger partial charge in [-0.05, 0) is 30.2 Å². The van der Waals surface area contributed by atoms with Crippen molar-refractivity contribution in [1.29, 1.82) is 0 Å². The fraction of sp³-hybridized carbons (Fsp3) is 0.125. The number of benzene rings is 2. The van der Waals surface area contributed by atoms with E-state index in [0.717, 1.165) is 27.7 Å². The Morgan fingerprint density at radius 2 is 2.10 bits per heavy atom. The molecule has 0 saturated heterocycles. The summed E-state index contributed by atoms with van der Waals surface area (Å²) in [4.78, 5) is 13.7. The van der Waals surface area contributed by atoms with E-state index in [2.05, 4.69) is 16.4 Å². The van der Waals surface area contributed by atoms with Crippen molar-refractivity contribution in [3.8, 4) is 0 Å². The number of aromatic nitrogens is 1. The van der Waals surface area contributed by atoms with Gasteiger partial charge in [0.05, 0.1) is 4.92 Å². The highest BCUT2D eigenvalue weighted by Gasteiger charge is 2.09. The van der Waals surface area contributed by atoms with E-state index in [-0.39, 0.29) is 10.6 Å². The molecular weight excluding hydrogens is 266 g/mol. The van der Waals surface area contributed by atoms with E-state index in [0.29, 0.717) is 6.54 Å². The molecule has 3 rings (SSSR count). The molecule has 0 saturated carbocycles. The summed E-state index contributed by atoms with van der Waals surface area (Å²) in [5.74, 6) is 0. The summed E-state index contributed by atoms with van der Waals surface area (Å²) in [6.07, 6.45) is 1.91. The monoisotopic (exact) mass is 281 g/mol. The van der Waals surface area contributed by atoms with Gasteiger partial charge in [-0.15, -0.1) is 0 Å². The first-order valence-corrected chi connectivity index (χ1v) is 6.69. The minimum absolute atomic E-state index is 0.1000. The molecule has 21 heavy (non-hydrogen) atoms. The van der Waals surface area contributed by atoms with Crippen LogP contribution in [0.1, 0.15) is 11.1 Å². The van der Waals surface area contributed by atoms with Gasteiger partial charge in [0.1, 0.15) is 0 Å². The maximum absolute atomic E-state index is 10.9. The quantitative estimate of drug-likeness (QED) is 0.561. The third-order valence-corrected chi connectivity index (χ3v) is 3.59. The smallest absolute Gasteiger partial charge is 0.271 e. The number of fused-ring (bicyclic) bond motifs is 1. The van der Waals surface area contributed by atoms with Gasteiger partial charge in [-0.2, -0.15) is 0 Å². The molecule has 1 heterocycles. The van der Waals surface area contributed by atoms with Crippen LogP contribution in [-0.2, 0) is 6.54 Å². The second kappa shape index (κ2) is 5.28. The molecule has 0 spiro atoms. The van der Waals surface area contributed by atoms with Crippen molar-refractivity contribution in [2.75, 3.05) is 5.32 Å². The number of rotatable bonds is 4. The van der Waals surface area contributed by atoms with Crippen LogP contribution in [0.2, 0.25) is 0 Å². The van der Waals surface area contributed by atoms with Gasteiger partial charge in [0.25, 0.3) is 5.69 Å². The number of aromatic amines is 1. The molecule has 5 nitrogen and oxygen atoms in total. The predicted molar refractivity (Wildman–Crippen MR) is 83.5 cm³/mol. The number of nitrogens with one attached hydrogen (secondary N) is 2. The SMILES string of the molecule is Cc1ccc([N+](=O)[O-])cc1NCc1cccc2[nH]ccc12. The van der Waals surface area contributed by atoms with Crippen LogP contribution >= 0.6 is 0 Å². The zero-order valence-corrected chi connectivity index (χ0v) is 11.6. The lowest BCUT2D eigenvalue weighted by atomic mass is 10.1. The van der Waals surface area contributed by atoms with Crippen LogP contribution in [-0.4, -0.2) is 9.91 Å². The van der Waals surface area contributed by atoms with Crippen LogP contribution in [0.25, 0.3) is 10.9 Å². The highest BCUT2D eigenvalue weighted by molar-refractivity contribution is 5.83. The Kier molecular flexibility index (Phi) is 3.31. The third-order valence-electron chi connectivity index (χ3n) is 3.59. The van der Waals surface area contributed by atoms with Gasteiger partial charge in [-0.1, -0.05) is 18.2 Å². The molecule has 0 aliphatic rings. The van der Waals surface area contributed by atoms with Gasteiger partial charge < -0.3 is 10.3 Å². The number of aryl methyl sites for hydroxylation is 1. The van der Waals surface area contributed by atoms with Crippen molar-refractivity contribution in [3.63, 3.8) is 0 Å². The van der Waals surface area contributed by atoms with Crippen LogP contribution in [0.4, 0.5) is 11.4 Å². The number of nitrogens with zero attached hydrogens (tertiary/aromatic N) is 1. The second-order valence-electron chi connectivity index (χ2n) is 4.97. The van der Waals surface area contributed by atoms with E-state index in [1.165, 1.54) is 6.07 Å². The average molecular weight is 281 g/mol. The fourth-order valence-electron chi connectivity index (χ4n) is 2.41. The molecule has 0 amide bonds. The number of nitro groups is 1. The van der Waals surface area contributed by atoms with Gasteiger partial charge in [0.2, 0.25) is 0 Å². The van der Waals surface area contributed by atoms with Crippen molar-refractivity contribution in [2.24, 2.45) is 0 Å². The van der Waals surface area contributed by atoms with Crippen LogP contribution in [0.3, 0.4) is 0 Å². The van der Waals surface area contributed by atoms with E-state index in [1.807, 2.05) is 31.3 Å². The Morgan fingerprint density at radius 1 is 1.24 bits per heavy atom. The third kappa shape index (κ3) is 2.58. The van der Waals surface area contributed by atoms with E-state index in [4.69, 9.17) is 0 Å². The van der Waals surface area contributed by atoms with Gasteiger partial charge >= 0.3 is 0 Å². The Balaban J connectivity index is 1.86. The van der Waals surface area contributed by atoms with Crippen LogP contribution in [0.15, 0.2) is 48.7 Å². The summed E-state index contributed by atoms with van der Waals surface area (Å²) in [6.45, 7) is 2.56. The standard InChI is InChI=1S/C16H15N3O2/c1-11-5-6-13(19(20)21)9-16(11)18-10-12-3-2-4-15-14(12)7-8-17-15/h2-9,17-18H,10H2,1H3. The maximum atomic E-state index is 10.9. The Labute approximate surface area is 121 Å². The summed E-state index contributed by atoms with van der Waals surface area (Å²) >= 11 is 0. The van der Waals surface area contributed by atoms with Crippen LogP contribution < -0.4 is 5.32 Å². The minimum Gasteiger partial charge on any atom is -0.381 e. The zero-order valence-electron chi connectivity index (χ0n) is 11.6.